The minimum absolute atomic E-state index is 0.285. The summed E-state index contributed by atoms with van der Waals surface area (Å²) in [6.45, 7) is 1.51. The van der Waals surface area contributed by atoms with E-state index in [1.165, 1.54) is 12.1 Å². The monoisotopic (exact) mass is 371 g/mol. The molecule has 27 heavy (non-hydrogen) atoms. The van der Waals surface area contributed by atoms with Gasteiger partial charge in [0.05, 0.1) is 17.4 Å². The van der Waals surface area contributed by atoms with E-state index < -0.39 is 11.6 Å². The van der Waals surface area contributed by atoms with Gasteiger partial charge in [0.25, 0.3) is 0 Å². The summed E-state index contributed by atoms with van der Waals surface area (Å²) in [4.78, 5) is 9.13. The Morgan fingerprint density at radius 3 is 2.89 bits per heavy atom. The standard InChI is InChI=1S/C19H19F2N5O/c20-12-8-11-16(9-13(12)21)26(17-5-1-2-7-27-17)25-18(11)15-10-23-19-14(24-15)4-3-6-22-19/h8-10,17H,1-7H2,(H,22,23). The highest BCUT2D eigenvalue weighted by molar-refractivity contribution is 5.92. The molecule has 140 valence electrons. The predicted octanol–water partition coefficient (Wildman–Crippen LogP) is 3.83. The third-order valence-corrected chi connectivity index (χ3v) is 5.15. The maximum Gasteiger partial charge on any atom is 0.161 e. The lowest BCUT2D eigenvalue weighted by Crippen LogP contribution is -2.19. The summed E-state index contributed by atoms with van der Waals surface area (Å²) in [7, 11) is 0. The fraction of sp³-hybridized carbons (Fsp3) is 0.421. The van der Waals surface area contributed by atoms with E-state index in [0.717, 1.165) is 50.2 Å². The molecule has 0 spiro atoms. The fourth-order valence-electron chi connectivity index (χ4n) is 3.78. The first-order valence-electron chi connectivity index (χ1n) is 9.30. The Kier molecular flexibility index (Phi) is 4.00. The van der Waals surface area contributed by atoms with Crippen LogP contribution in [0.25, 0.3) is 22.3 Å². The van der Waals surface area contributed by atoms with Crippen molar-refractivity contribution in [1.82, 2.24) is 19.7 Å². The smallest absolute Gasteiger partial charge is 0.161 e. The van der Waals surface area contributed by atoms with Gasteiger partial charge in [-0.25, -0.2) is 23.4 Å². The molecule has 1 unspecified atom stereocenters. The molecule has 0 radical (unpaired) electrons. The number of halogens is 2. The Morgan fingerprint density at radius 2 is 2.04 bits per heavy atom. The Labute approximate surface area is 154 Å². The minimum Gasteiger partial charge on any atom is -0.369 e. The van der Waals surface area contributed by atoms with E-state index in [-0.39, 0.29) is 6.23 Å². The predicted molar refractivity (Wildman–Crippen MR) is 96.3 cm³/mol. The van der Waals surface area contributed by atoms with Gasteiger partial charge in [-0.3, -0.25) is 0 Å². The van der Waals surface area contributed by atoms with Crippen LogP contribution in [0.15, 0.2) is 18.3 Å². The van der Waals surface area contributed by atoms with E-state index in [1.54, 1.807) is 10.9 Å². The molecule has 0 bridgehead atoms. The maximum atomic E-state index is 14.0. The number of rotatable bonds is 2. The van der Waals surface area contributed by atoms with Crippen molar-refractivity contribution in [3.63, 3.8) is 0 Å². The number of aromatic nitrogens is 4. The summed E-state index contributed by atoms with van der Waals surface area (Å²) in [6.07, 6.45) is 5.95. The first-order valence-corrected chi connectivity index (χ1v) is 9.30. The molecule has 0 aliphatic carbocycles. The molecule has 6 nitrogen and oxygen atoms in total. The molecule has 2 aromatic heterocycles. The van der Waals surface area contributed by atoms with Crippen molar-refractivity contribution in [2.45, 2.75) is 38.3 Å². The summed E-state index contributed by atoms with van der Waals surface area (Å²) >= 11 is 0. The summed E-state index contributed by atoms with van der Waals surface area (Å²) in [6, 6.07) is 2.37. The van der Waals surface area contributed by atoms with Crippen molar-refractivity contribution >= 4 is 16.7 Å². The molecular formula is C19H19F2N5O. The van der Waals surface area contributed by atoms with E-state index in [0.29, 0.717) is 28.9 Å². The number of aryl methyl sites for hydroxylation is 1. The minimum atomic E-state index is -0.902. The van der Waals surface area contributed by atoms with Crippen molar-refractivity contribution in [3.8, 4) is 11.4 Å². The Morgan fingerprint density at radius 1 is 1.15 bits per heavy atom. The van der Waals surface area contributed by atoms with Crippen molar-refractivity contribution < 1.29 is 13.5 Å². The maximum absolute atomic E-state index is 14.0. The third-order valence-electron chi connectivity index (χ3n) is 5.15. The van der Waals surface area contributed by atoms with Gasteiger partial charge in [0.15, 0.2) is 17.9 Å². The van der Waals surface area contributed by atoms with Gasteiger partial charge in [0.2, 0.25) is 0 Å². The van der Waals surface area contributed by atoms with Gasteiger partial charge < -0.3 is 10.1 Å². The molecule has 8 heteroatoms. The topological polar surface area (TPSA) is 64.9 Å². The first-order chi connectivity index (χ1) is 13.2. The molecule has 0 saturated carbocycles. The zero-order valence-corrected chi connectivity index (χ0v) is 14.7. The lowest BCUT2D eigenvalue weighted by molar-refractivity contribution is -0.0365. The van der Waals surface area contributed by atoms with E-state index >= 15 is 0 Å². The second-order valence-corrected chi connectivity index (χ2v) is 6.98. The van der Waals surface area contributed by atoms with Crippen molar-refractivity contribution in [1.29, 1.82) is 0 Å². The molecule has 3 aromatic rings. The number of ether oxygens (including phenoxy) is 1. The second kappa shape index (κ2) is 6.53. The molecule has 1 atom stereocenters. The van der Waals surface area contributed by atoms with Crippen LogP contribution in [0.5, 0.6) is 0 Å². The van der Waals surface area contributed by atoms with Crippen LogP contribution in [-0.2, 0) is 11.2 Å². The average molecular weight is 371 g/mol. The number of hydrogen-bond acceptors (Lipinski definition) is 5. The van der Waals surface area contributed by atoms with Crippen LogP contribution < -0.4 is 5.32 Å². The highest BCUT2D eigenvalue weighted by Crippen LogP contribution is 2.34. The number of hydrogen-bond donors (Lipinski definition) is 1. The Hall–Kier alpha value is -2.61. The number of anilines is 1. The van der Waals surface area contributed by atoms with Crippen LogP contribution in [0, 0.1) is 11.6 Å². The Bertz CT molecular complexity index is 1010. The van der Waals surface area contributed by atoms with Gasteiger partial charge in [0.1, 0.15) is 17.2 Å². The zero-order chi connectivity index (χ0) is 18.4. The molecular weight excluding hydrogens is 352 g/mol. The zero-order valence-electron chi connectivity index (χ0n) is 14.7. The molecule has 4 heterocycles. The van der Waals surface area contributed by atoms with E-state index in [4.69, 9.17) is 4.74 Å². The van der Waals surface area contributed by atoms with Crippen LogP contribution in [-0.4, -0.2) is 32.9 Å². The van der Waals surface area contributed by atoms with E-state index in [9.17, 15) is 8.78 Å². The highest BCUT2D eigenvalue weighted by Gasteiger charge is 2.24. The van der Waals surface area contributed by atoms with Gasteiger partial charge in [-0.05, 0) is 38.2 Å². The van der Waals surface area contributed by atoms with Gasteiger partial charge in [-0.2, -0.15) is 5.10 Å². The number of nitrogens with one attached hydrogen (secondary N) is 1. The number of nitrogens with zero attached hydrogens (tertiary/aromatic N) is 4. The highest BCUT2D eigenvalue weighted by atomic mass is 19.2. The second-order valence-electron chi connectivity index (χ2n) is 6.98. The first kappa shape index (κ1) is 16.6. The van der Waals surface area contributed by atoms with Crippen molar-refractivity contribution in [3.05, 3.63) is 35.7 Å². The molecule has 1 fully saturated rings. The molecule has 2 aliphatic heterocycles. The molecule has 2 aliphatic rings. The number of fused-ring (bicyclic) bond motifs is 2. The van der Waals surface area contributed by atoms with Gasteiger partial charge in [-0.1, -0.05) is 0 Å². The van der Waals surface area contributed by atoms with Gasteiger partial charge in [-0.15, -0.1) is 0 Å². The molecule has 1 aromatic carbocycles. The summed E-state index contributed by atoms with van der Waals surface area (Å²) in [5, 5.41) is 8.39. The Balaban J connectivity index is 1.68. The van der Waals surface area contributed by atoms with Crippen LogP contribution in [0.4, 0.5) is 14.6 Å². The lowest BCUT2D eigenvalue weighted by Gasteiger charge is -2.23. The quantitative estimate of drug-likeness (QED) is 0.742. The van der Waals surface area contributed by atoms with Crippen LogP contribution in [0.2, 0.25) is 0 Å². The van der Waals surface area contributed by atoms with Crippen LogP contribution in [0.1, 0.15) is 37.6 Å². The van der Waals surface area contributed by atoms with E-state index in [1.807, 2.05) is 0 Å². The average Bonchev–Trinajstić information content (AvgIpc) is 3.07. The summed E-state index contributed by atoms with van der Waals surface area (Å²) in [5.41, 5.74) is 2.44. The SMILES string of the molecule is Fc1cc2c(-c3cnc4c(n3)CCCN4)nn(C3CCCCO3)c2cc1F. The largest absolute Gasteiger partial charge is 0.369 e. The lowest BCUT2D eigenvalue weighted by atomic mass is 10.1. The summed E-state index contributed by atoms with van der Waals surface area (Å²) in [5.74, 6) is -1.02. The molecule has 5 rings (SSSR count). The third kappa shape index (κ3) is 2.84. The fourth-order valence-corrected chi connectivity index (χ4v) is 3.78. The van der Waals surface area contributed by atoms with Crippen molar-refractivity contribution in [2.75, 3.05) is 18.5 Å². The van der Waals surface area contributed by atoms with Crippen molar-refractivity contribution in [2.24, 2.45) is 0 Å². The van der Waals surface area contributed by atoms with Gasteiger partial charge in [0, 0.05) is 24.6 Å². The molecule has 1 saturated heterocycles. The van der Waals surface area contributed by atoms with E-state index in [2.05, 4.69) is 20.4 Å². The van der Waals surface area contributed by atoms with Crippen LogP contribution >= 0.6 is 0 Å². The molecule has 1 N–H and O–H groups in total. The normalized spacial score (nSPS) is 19.7. The van der Waals surface area contributed by atoms with Gasteiger partial charge >= 0.3 is 0 Å². The molecule has 0 amide bonds. The summed E-state index contributed by atoms with van der Waals surface area (Å²) < 4.78 is 35.4. The van der Waals surface area contributed by atoms with Crippen LogP contribution in [0.3, 0.4) is 0 Å². The number of benzene rings is 1.